The molecule has 0 aromatic heterocycles. The summed E-state index contributed by atoms with van der Waals surface area (Å²) in [6.45, 7) is 7.04. The number of hydrogen-bond donors (Lipinski definition) is 1. The lowest BCUT2D eigenvalue weighted by atomic mass is 10.0. The van der Waals surface area contributed by atoms with Crippen molar-refractivity contribution in [3.8, 4) is 0 Å². The van der Waals surface area contributed by atoms with Gasteiger partial charge in [-0.25, -0.2) is 0 Å². The van der Waals surface area contributed by atoms with Crippen LogP contribution in [0.2, 0.25) is 0 Å². The van der Waals surface area contributed by atoms with Crippen molar-refractivity contribution < 1.29 is 13.2 Å². The van der Waals surface area contributed by atoms with E-state index >= 15 is 0 Å². The lowest BCUT2D eigenvalue weighted by Gasteiger charge is -2.15. The molecule has 1 aromatic rings. The maximum Gasteiger partial charge on any atom is 0.417 e. The quantitative estimate of drug-likeness (QED) is 0.691. The van der Waals surface area contributed by atoms with Gasteiger partial charge in [0.1, 0.15) is 0 Å². The van der Waals surface area contributed by atoms with Gasteiger partial charge in [0.05, 0.1) is 5.56 Å². The number of nitrogen functional groups attached to an aromatic ring is 1. The Morgan fingerprint density at radius 2 is 1.62 bits per heavy atom. The molecular weight excluding hydrogens is 283 g/mol. The molecule has 0 fully saturated rings. The normalized spacial score (nSPS) is 10.8. The van der Waals surface area contributed by atoms with Gasteiger partial charge in [0.25, 0.3) is 0 Å². The van der Waals surface area contributed by atoms with Gasteiger partial charge in [-0.15, -0.1) is 0 Å². The van der Waals surface area contributed by atoms with Crippen LogP contribution in [0.4, 0.5) is 18.9 Å². The topological polar surface area (TPSA) is 26.0 Å². The average Bonchev–Trinajstić information content (AvgIpc) is 2.15. The van der Waals surface area contributed by atoms with Crippen molar-refractivity contribution in [3.63, 3.8) is 0 Å². The molecule has 0 saturated heterocycles. The van der Waals surface area contributed by atoms with E-state index in [2.05, 4.69) is 15.9 Å². The largest absolute Gasteiger partial charge is 0.417 e. The molecular formula is C11H15BrF3N. The van der Waals surface area contributed by atoms with Crippen LogP contribution in [-0.4, -0.2) is 0 Å². The Morgan fingerprint density at radius 3 is 2.00 bits per heavy atom. The van der Waals surface area contributed by atoms with E-state index in [0.717, 1.165) is 0 Å². The first-order valence-electron chi connectivity index (χ1n) is 4.87. The van der Waals surface area contributed by atoms with Crippen molar-refractivity contribution in [1.82, 2.24) is 0 Å². The zero-order chi connectivity index (χ0) is 13.1. The number of anilines is 1. The number of hydrogen-bond acceptors (Lipinski definition) is 1. The van der Waals surface area contributed by atoms with Crippen molar-refractivity contribution in [2.45, 2.75) is 33.9 Å². The molecule has 0 heterocycles. The molecule has 0 bridgehead atoms. The second-order valence-corrected chi connectivity index (χ2v) is 3.94. The Morgan fingerprint density at radius 1 is 1.19 bits per heavy atom. The van der Waals surface area contributed by atoms with Crippen molar-refractivity contribution >= 4 is 21.6 Å². The van der Waals surface area contributed by atoms with E-state index in [4.69, 9.17) is 5.73 Å². The van der Waals surface area contributed by atoms with Crippen molar-refractivity contribution in [2.75, 3.05) is 5.73 Å². The van der Waals surface area contributed by atoms with Crippen LogP contribution in [-0.2, 0) is 6.18 Å². The summed E-state index contributed by atoms with van der Waals surface area (Å²) >= 11 is 2.89. The fourth-order valence-electron chi connectivity index (χ4n) is 1.30. The van der Waals surface area contributed by atoms with Gasteiger partial charge in [-0.1, -0.05) is 29.8 Å². The number of alkyl halides is 3. The fraction of sp³-hybridized carbons (Fsp3) is 0.455. The molecule has 1 nitrogen and oxygen atoms in total. The van der Waals surface area contributed by atoms with Crippen LogP contribution >= 0.6 is 15.9 Å². The summed E-state index contributed by atoms with van der Waals surface area (Å²) in [7, 11) is 0. The lowest BCUT2D eigenvalue weighted by molar-refractivity contribution is -0.138. The van der Waals surface area contributed by atoms with E-state index in [-0.39, 0.29) is 15.7 Å². The summed E-state index contributed by atoms with van der Waals surface area (Å²) in [5, 5.41) is 0. The molecule has 1 aromatic carbocycles. The zero-order valence-corrected chi connectivity index (χ0v) is 11.3. The standard InChI is InChI=1S/C9H9BrF3N.C2H6/c1-4-3-6(10)7(9(11,12)13)5(2)8(4)14;1-2/h3H,14H2,1-2H3;1-2H3. The molecule has 0 unspecified atom stereocenters. The Kier molecular flexibility index (Phi) is 5.32. The summed E-state index contributed by atoms with van der Waals surface area (Å²) in [6.07, 6.45) is -4.37. The summed E-state index contributed by atoms with van der Waals surface area (Å²) in [5.74, 6) is 0. The first kappa shape index (κ1) is 15.3. The third kappa shape index (κ3) is 3.14. The highest BCUT2D eigenvalue weighted by molar-refractivity contribution is 9.10. The predicted molar refractivity (Wildman–Crippen MR) is 64.4 cm³/mol. The number of nitrogens with two attached hydrogens (primary N) is 1. The van der Waals surface area contributed by atoms with E-state index in [1.807, 2.05) is 13.8 Å². The second-order valence-electron chi connectivity index (χ2n) is 3.09. The third-order valence-corrected chi connectivity index (χ3v) is 2.69. The zero-order valence-electron chi connectivity index (χ0n) is 9.67. The van der Waals surface area contributed by atoms with E-state index in [9.17, 15) is 13.2 Å². The van der Waals surface area contributed by atoms with Crippen LogP contribution in [0.25, 0.3) is 0 Å². The molecule has 0 aliphatic heterocycles. The van der Waals surface area contributed by atoms with Crippen LogP contribution in [0.1, 0.15) is 30.5 Å². The van der Waals surface area contributed by atoms with Crippen molar-refractivity contribution in [3.05, 3.63) is 27.2 Å². The van der Waals surface area contributed by atoms with Crippen LogP contribution < -0.4 is 5.73 Å². The van der Waals surface area contributed by atoms with E-state index < -0.39 is 11.7 Å². The van der Waals surface area contributed by atoms with Crippen LogP contribution in [0.15, 0.2) is 10.5 Å². The third-order valence-electron chi connectivity index (χ3n) is 2.07. The molecule has 0 saturated carbocycles. The smallest absolute Gasteiger partial charge is 0.398 e. The Labute approximate surface area is 102 Å². The minimum absolute atomic E-state index is 0.0363. The van der Waals surface area contributed by atoms with Crippen LogP contribution in [0, 0.1) is 13.8 Å². The van der Waals surface area contributed by atoms with Crippen LogP contribution in [0.5, 0.6) is 0 Å². The molecule has 92 valence electrons. The Balaban J connectivity index is 0.00000106. The van der Waals surface area contributed by atoms with Gasteiger partial charge in [0.15, 0.2) is 0 Å². The van der Waals surface area contributed by atoms with Gasteiger partial charge in [0.2, 0.25) is 0 Å². The number of benzene rings is 1. The minimum atomic E-state index is -4.37. The summed E-state index contributed by atoms with van der Waals surface area (Å²) in [5.41, 5.74) is 5.74. The second kappa shape index (κ2) is 5.57. The SMILES string of the molecule is CC.Cc1cc(Br)c(C(F)(F)F)c(C)c1N. The predicted octanol–water partition coefficient (Wildman–Crippen LogP) is 4.69. The van der Waals surface area contributed by atoms with E-state index in [1.165, 1.54) is 13.0 Å². The number of rotatable bonds is 0. The number of halogens is 4. The van der Waals surface area contributed by atoms with Crippen molar-refractivity contribution in [1.29, 1.82) is 0 Å². The molecule has 0 aliphatic carbocycles. The highest BCUT2D eigenvalue weighted by Gasteiger charge is 2.35. The first-order valence-corrected chi connectivity index (χ1v) is 5.66. The summed E-state index contributed by atoms with van der Waals surface area (Å²) < 4.78 is 37.6. The van der Waals surface area contributed by atoms with Gasteiger partial charge < -0.3 is 5.73 Å². The highest BCUT2D eigenvalue weighted by atomic mass is 79.9. The molecule has 2 N–H and O–H groups in total. The van der Waals surface area contributed by atoms with Gasteiger partial charge in [-0.2, -0.15) is 13.2 Å². The van der Waals surface area contributed by atoms with E-state index in [1.54, 1.807) is 6.92 Å². The fourth-order valence-corrected chi connectivity index (χ4v) is 2.16. The Bertz CT molecular complexity index is 372. The highest BCUT2D eigenvalue weighted by Crippen LogP contribution is 2.40. The minimum Gasteiger partial charge on any atom is -0.398 e. The molecule has 16 heavy (non-hydrogen) atoms. The maximum atomic E-state index is 12.5. The average molecular weight is 298 g/mol. The first-order chi connectivity index (χ1) is 7.25. The van der Waals surface area contributed by atoms with Crippen molar-refractivity contribution in [2.24, 2.45) is 0 Å². The summed E-state index contributed by atoms with van der Waals surface area (Å²) in [4.78, 5) is 0. The molecule has 1 rings (SSSR count). The lowest BCUT2D eigenvalue weighted by Crippen LogP contribution is -2.11. The van der Waals surface area contributed by atoms with Gasteiger partial charge >= 0.3 is 6.18 Å². The molecule has 5 heteroatoms. The summed E-state index contributed by atoms with van der Waals surface area (Å²) in [6, 6.07) is 1.38. The van der Waals surface area contributed by atoms with E-state index in [0.29, 0.717) is 5.56 Å². The molecule has 0 atom stereocenters. The Hall–Kier alpha value is -0.710. The maximum absolute atomic E-state index is 12.5. The van der Waals surface area contributed by atoms with Gasteiger partial charge in [-0.3, -0.25) is 0 Å². The molecule has 0 radical (unpaired) electrons. The van der Waals surface area contributed by atoms with Gasteiger partial charge in [-0.05, 0) is 31.0 Å². The molecule has 0 spiro atoms. The number of aryl methyl sites for hydroxylation is 1. The molecule has 0 aliphatic rings. The van der Waals surface area contributed by atoms with Crippen LogP contribution in [0.3, 0.4) is 0 Å². The molecule has 0 amide bonds. The monoisotopic (exact) mass is 297 g/mol. The van der Waals surface area contributed by atoms with Gasteiger partial charge in [0, 0.05) is 10.2 Å².